The van der Waals surface area contributed by atoms with Crippen LogP contribution in [0.15, 0.2) is 31.0 Å². The first kappa shape index (κ1) is 11.5. The Morgan fingerprint density at radius 1 is 1.42 bits per heavy atom. The van der Waals surface area contributed by atoms with E-state index in [0.717, 1.165) is 6.54 Å². The second kappa shape index (κ2) is 4.58. The molecule has 0 fully saturated rings. The number of nitrogens with zero attached hydrogens (tertiary/aromatic N) is 5. The zero-order valence-corrected chi connectivity index (χ0v) is 10.3. The van der Waals surface area contributed by atoms with Gasteiger partial charge in [-0.1, -0.05) is 0 Å². The minimum absolute atomic E-state index is 0.371. The Morgan fingerprint density at radius 2 is 2.32 bits per heavy atom. The van der Waals surface area contributed by atoms with Crippen LogP contribution in [0.25, 0.3) is 5.65 Å². The molecule has 0 spiro atoms. The minimum Gasteiger partial charge on any atom is -0.432 e. The number of hydrazine groups is 1. The minimum atomic E-state index is 0.371. The maximum absolute atomic E-state index is 5.70. The van der Waals surface area contributed by atoms with E-state index in [1.165, 1.54) is 0 Å². The zero-order chi connectivity index (χ0) is 13.2. The number of ether oxygens (including phenoxy) is 1. The molecule has 3 N–H and O–H groups in total. The van der Waals surface area contributed by atoms with Crippen LogP contribution in [0, 0.1) is 0 Å². The van der Waals surface area contributed by atoms with Gasteiger partial charge in [0.15, 0.2) is 11.6 Å². The summed E-state index contributed by atoms with van der Waals surface area (Å²) in [5.74, 6) is 6.84. The lowest BCUT2D eigenvalue weighted by atomic mass is 10.6. The van der Waals surface area contributed by atoms with Crippen LogP contribution in [-0.2, 0) is 6.54 Å². The van der Waals surface area contributed by atoms with Crippen molar-refractivity contribution in [2.24, 2.45) is 5.84 Å². The number of rotatable bonds is 4. The predicted molar refractivity (Wildman–Crippen MR) is 68.8 cm³/mol. The fraction of sp³-hybridized carbons (Fsp3) is 0.182. The first-order valence-electron chi connectivity index (χ1n) is 5.81. The molecule has 0 aliphatic rings. The summed E-state index contributed by atoms with van der Waals surface area (Å²) in [6.45, 7) is 2.78. The Bertz CT molecular complexity index is 702. The molecule has 3 aromatic heterocycles. The largest absolute Gasteiger partial charge is 0.432 e. The number of fused-ring (bicyclic) bond motifs is 1. The second-order valence-corrected chi connectivity index (χ2v) is 3.87. The second-order valence-electron chi connectivity index (χ2n) is 3.87. The van der Waals surface area contributed by atoms with Gasteiger partial charge in [0, 0.05) is 18.9 Å². The molecule has 0 aliphatic carbocycles. The van der Waals surface area contributed by atoms with Crippen LogP contribution in [0.1, 0.15) is 6.92 Å². The summed E-state index contributed by atoms with van der Waals surface area (Å²) < 4.78 is 9.25. The summed E-state index contributed by atoms with van der Waals surface area (Å²) in [5, 5.41) is 4.14. The number of nitrogen functional groups attached to an aromatic ring is 1. The molecule has 8 heteroatoms. The molecule has 0 atom stereocenters. The summed E-state index contributed by atoms with van der Waals surface area (Å²) >= 11 is 0. The SMILES string of the molecule is CCn1cc(Oc2nc(NN)cn3ccnc23)cn1. The number of hydrogen-bond acceptors (Lipinski definition) is 6. The normalized spacial score (nSPS) is 10.8. The molecule has 8 nitrogen and oxygen atoms in total. The van der Waals surface area contributed by atoms with Crippen LogP contribution in [0.5, 0.6) is 11.6 Å². The van der Waals surface area contributed by atoms with Crippen molar-refractivity contribution in [2.75, 3.05) is 5.43 Å². The molecule has 0 radical (unpaired) electrons. The van der Waals surface area contributed by atoms with E-state index in [2.05, 4.69) is 20.5 Å². The average molecular weight is 259 g/mol. The van der Waals surface area contributed by atoms with Gasteiger partial charge in [0.1, 0.15) is 0 Å². The third-order valence-corrected chi connectivity index (χ3v) is 2.64. The highest BCUT2D eigenvalue weighted by Gasteiger charge is 2.10. The molecule has 0 amide bonds. The molecule has 0 saturated heterocycles. The van der Waals surface area contributed by atoms with Gasteiger partial charge in [-0.25, -0.2) is 10.8 Å². The number of aryl methyl sites for hydroxylation is 1. The van der Waals surface area contributed by atoms with E-state index in [-0.39, 0.29) is 0 Å². The number of hydrogen-bond donors (Lipinski definition) is 2. The van der Waals surface area contributed by atoms with Crippen LogP contribution in [-0.4, -0.2) is 24.1 Å². The van der Waals surface area contributed by atoms with Crippen molar-refractivity contribution in [3.63, 3.8) is 0 Å². The molecular formula is C11H13N7O. The molecule has 3 aromatic rings. The third kappa shape index (κ3) is 2.08. The van der Waals surface area contributed by atoms with Crippen LogP contribution in [0.2, 0.25) is 0 Å². The molecular weight excluding hydrogens is 246 g/mol. The van der Waals surface area contributed by atoms with Gasteiger partial charge in [-0.05, 0) is 6.92 Å². The Hall–Kier alpha value is -2.61. The van der Waals surface area contributed by atoms with Crippen molar-refractivity contribution in [1.82, 2.24) is 24.1 Å². The summed E-state index contributed by atoms with van der Waals surface area (Å²) in [6, 6.07) is 0. The summed E-state index contributed by atoms with van der Waals surface area (Å²) in [6.07, 6.45) is 8.61. The topological polar surface area (TPSA) is 95.3 Å². The predicted octanol–water partition coefficient (Wildman–Crippen LogP) is 1.02. The Morgan fingerprint density at radius 3 is 3.05 bits per heavy atom. The van der Waals surface area contributed by atoms with Gasteiger partial charge in [-0.2, -0.15) is 10.1 Å². The number of imidazole rings is 1. The van der Waals surface area contributed by atoms with E-state index >= 15 is 0 Å². The Balaban J connectivity index is 2.01. The van der Waals surface area contributed by atoms with Crippen LogP contribution < -0.4 is 16.0 Å². The monoisotopic (exact) mass is 259 g/mol. The van der Waals surface area contributed by atoms with Gasteiger partial charge in [0.05, 0.1) is 18.6 Å². The summed E-state index contributed by atoms with van der Waals surface area (Å²) in [4.78, 5) is 8.44. The third-order valence-electron chi connectivity index (χ3n) is 2.64. The fourth-order valence-electron chi connectivity index (χ4n) is 1.72. The summed E-state index contributed by atoms with van der Waals surface area (Å²) in [7, 11) is 0. The summed E-state index contributed by atoms with van der Waals surface area (Å²) in [5.41, 5.74) is 3.11. The lowest BCUT2D eigenvalue weighted by Crippen LogP contribution is -2.10. The smallest absolute Gasteiger partial charge is 0.266 e. The Labute approximate surface area is 108 Å². The molecule has 0 aromatic carbocycles. The maximum atomic E-state index is 5.70. The highest BCUT2D eigenvalue weighted by Crippen LogP contribution is 2.24. The maximum Gasteiger partial charge on any atom is 0.266 e. The van der Waals surface area contributed by atoms with E-state index in [4.69, 9.17) is 10.6 Å². The van der Waals surface area contributed by atoms with Gasteiger partial charge in [-0.3, -0.25) is 9.08 Å². The highest BCUT2D eigenvalue weighted by molar-refractivity contribution is 5.54. The lowest BCUT2D eigenvalue weighted by molar-refractivity contribution is 0.464. The van der Waals surface area contributed by atoms with Crippen molar-refractivity contribution in [2.45, 2.75) is 13.5 Å². The number of nitrogens with two attached hydrogens (primary N) is 1. The number of anilines is 1. The van der Waals surface area contributed by atoms with Gasteiger partial charge >= 0.3 is 0 Å². The molecule has 0 saturated carbocycles. The van der Waals surface area contributed by atoms with Gasteiger partial charge in [0.2, 0.25) is 5.65 Å². The van der Waals surface area contributed by atoms with Crippen LogP contribution in [0.4, 0.5) is 5.82 Å². The van der Waals surface area contributed by atoms with Crippen molar-refractivity contribution < 1.29 is 4.74 Å². The lowest BCUT2D eigenvalue weighted by Gasteiger charge is -2.06. The number of aromatic nitrogens is 5. The average Bonchev–Trinajstić information content (AvgIpc) is 3.06. The molecule has 0 aliphatic heterocycles. The Kier molecular flexibility index (Phi) is 2.76. The van der Waals surface area contributed by atoms with Crippen molar-refractivity contribution in [1.29, 1.82) is 0 Å². The first-order chi connectivity index (χ1) is 9.30. The zero-order valence-electron chi connectivity index (χ0n) is 10.3. The first-order valence-corrected chi connectivity index (χ1v) is 5.81. The quantitative estimate of drug-likeness (QED) is 0.536. The van der Waals surface area contributed by atoms with Gasteiger partial charge < -0.3 is 10.2 Å². The van der Waals surface area contributed by atoms with Gasteiger partial charge in [0.25, 0.3) is 5.88 Å². The van der Waals surface area contributed by atoms with Crippen molar-refractivity contribution >= 4 is 11.5 Å². The standard InChI is InChI=1S/C11H13N7O/c1-2-18-6-8(5-14-18)19-11-10-13-3-4-17(10)7-9(15-11)16-12/h3-7,16H,2,12H2,1H3. The van der Waals surface area contributed by atoms with Crippen LogP contribution >= 0.6 is 0 Å². The van der Waals surface area contributed by atoms with E-state index < -0.39 is 0 Å². The van der Waals surface area contributed by atoms with Crippen molar-refractivity contribution in [3.05, 3.63) is 31.0 Å². The van der Waals surface area contributed by atoms with Gasteiger partial charge in [-0.15, -0.1) is 0 Å². The molecule has 19 heavy (non-hydrogen) atoms. The molecule has 98 valence electrons. The van der Waals surface area contributed by atoms with E-state index in [1.54, 1.807) is 40.1 Å². The molecule has 3 heterocycles. The molecule has 3 rings (SSSR count). The highest BCUT2D eigenvalue weighted by atomic mass is 16.5. The molecule has 0 bridgehead atoms. The molecule has 0 unspecified atom stereocenters. The fourth-order valence-corrected chi connectivity index (χ4v) is 1.72. The number of nitrogens with one attached hydrogen (secondary N) is 1. The van der Waals surface area contributed by atoms with Crippen LogP contribution in [0.3, 0.4) is 0 Å². The van der Waals surface area contributed by atoms with E-state index in [9.17, 15) is 0 Å². The van der Waals surface area contributed by atoms with E-state index in [0.29, 0.717) is 23.1 Å². The van der Waals surface area contributed by atoms with Crippen molar-refractivity contribution in [3.8, 4) is 11.6 Å². The van der Waals surface area contributed by atoms with E-state index in [1.807, 2.05) is 6.92 Å².